The minimum Gasteiger partial charge on any atom is -0.368 e. The van der Waals surface area contributed by atoms with Crippen LogP contribution in [-0.4, -0.2) is 34.0 Å². The van der Waals surface area contributed by atoms with E-state index >= 15 is 0 Å². The van der Waals surface area contributed by atoms with Gasteiger partial charge in [0.05, 0.1) is 23.0 Å². The molecule has 1 atom stereocenters. The molecule has 0 saturated carbocycles. The van der Waals surface area contributed by atoms with Gasteiger partial charge in [-0.2, -0.15) is 5.26 Å². The summed E-state index contributed by atoms with van der Waals surface area (Å²) in [4.78, 5) is 17.6. The second kappa shape index (κ2) is 10.3. The highest BCUT2D eigenvalue weighted by Gasteiger charge is 2.35. The molecule has 4 rings (SSSR count). The Hall–Kier alpha value is -4.32. The van der Waals surface area contributed by atoms with Gasteiger partial charge in [-0.1, -0.05) is 41.1 Å². The van der Waals surface area contributed by atoms with Crippen LogP contribution in [0.1, 0.15) is 18.1 Å². The molecule has 2 aromatic carbocycles. The van der Waals surface area contributed by atoms with Crippen LogP contribution in [0.25, 0.3) is 11.3 Å². The van der Waals surface area contributed by atoms with Gasteiger partial charge in [-0.05, 0) is 55.3 Å². The average molecular weight is 471 g/mol. The topological polar surface area (TPSA) is 98.0 Å². The van der Waals surface area contributed by atoms with Gasteiger partial charge in [-0.15, -0.1) is 0 Å². The van der Waals surface area contributed by atoms with Crippen LogP contribution in [0, 0.1) is 17.1 Å². The van der Waals surface area contributed by atoms with Crippen LogP contribution in [0.2, 0.25) is 0 Å². The van der Waals surface area contributed by atoms with Gasteiger partial charge in [-0.25, -0.2) is 19.4 Å². The van der Waals surface area contributed by atoms with E-state index in [0.29, 0.717) is 41.3 Å². The molecule has 3 N–H and O–H groups in total. The molecule has 2 amide bonds. The molecule has 0 fully saturated rings. The molecule has 0 saturated heterocycles. The van der Waals surface area contributed by atoms with E-state index in [4.69, 9.17) is 0 Å². The lowest BCUT2D eigenvalue weighted by Crippen LogP contribution is -2.49. The number of rotatable bonds is 6. The predicted octanol–water partition coefficient (Wildman–Crippen LogP) is 5.63. The van der Waals surface area contributed by atoms with Gasteiger partial charge in [0.2, 0.25) is 0 Å². The van der Waals surface area contributed by atoms with Crippen molar-refractivity contribution in [2.75, 3.05) is 23.7 Å². The summed E-state index contributed by atoms with van der Waals surface area (Å²) in [7, 11) is 0. The Bertz CT molecular complexity index is 1360. The van der Waals surface area contributed by atoms with E-state index in [2.05, 4.69) is 21.7 Å². The zero-order chi connectivity index (χ0) is 24.8. The minimum atomic E-state index is -0.913. The highest BCUT2D eigenvalue weighted by Crippen LogP contribution is 2.28. The number of urea groups is 1. The van der Waals surface area contributed by atoms with Crippen LogP contribution in [0.15, 0.2) is 84.6 Å². The summed E-state index contributed by atoms with van der Waals surface area (Å²) in [6, 6.07) is 18.4. The predicted molar refractivity (Wildman–Crippen MR) is 132 cm³/mol. The number of hydrogen-bond acceptors (Lipinski definition) is 5. The van der Waals surface area contributed by atoms with E-state index in [1.807, 2.05) is 18.2 Å². The number of anilines is 2. The number of nitrogens with zero attached hydrogens (tertiary/aromatic N) is 3. The second-order valence-corrected chi connectivity index (χ2v) is 8.27. The molecular formula is C27H25FN5O2+. The summed E-state index contributed by atoms with van der Waals surface area (Å²) in [5.74, 6) is 0.0689. The van der Waals surface area contributed by atoms with Crippen LogP contribution in [0.3, 0.4) is 0 Å². The highest BCUT2D eigenvalue weighted by molar-refractivity contribution is 5.89. The highest BCUT2D eigenvalue weighted by atomic mass is 19.1. The van der Waals surface area contributed by atoms with Crippen molar-refractivity contribution in [3.05, 3.63) is 102 Å². The normalized spacial score (nSPS) is 16.8. The molecule has 0 radical (unpaired) electrons. The van der Waals surface area contributed by atoms with E-state index in [1.54, 1.807) is 49.4 Å². The first kappa shape index (κ1) is 23.8. The third kappa shape index (κ3) is 5.61. The van der Waals surface area contributed by atoms with Crippen molar-refractivity contribution >= 4 is 17.5 Å². The van der Waals surface area contributed by atoms with Crippen molar-refractivity contribution in [2.45, 2.75) is 13.3 Å². The smallest absolute Gasteiger partial charge is 0.368 e. The van der Waals surface area contributed by atoms with Crippen LogP contribution in [0.5, 0.6) is 0 Å². The summed E-state index contributed by atoms with van der Waals surface area (Å²) in [5.41, 5.74) is 3.64. The monoisotopic (exact) mass is 470 g/mol. The van der Waals surface area contributed by atoms with E-state index in [1.165, 1.54) is 18.3 Å². The number of aromatic nitrogens is 1. The summed E-state index contributed by atoms with van der Waals surface area (Å²) in [6.45, 7) is 2.32. The number of hydroxylamine groups is 3. The van der Waals surface area contributed by atoms with Gasteiger partial charge in [-0.3, -0.25) is 5.32 Å². The first-order valence-electron chi connectivity index (χ1n) is 11.1. The molecule has 1 unspecified atom stereocenters. The Kier molecular flexibility index (Phi) is 7.01. The molecule has 3 aromatic rings. The van der Waals surface area contributed by atoms with Crippen molar-refractivity contribution in [2.24, 2.45) is 0 Å². The fraction of sp³-hybridized carbons (Fsp3) is 0.148. The Morgan fingerprint density at radius 3 is 2.80 bits per heavy atom. The number of carbonyl (C=O) groups excluding carboxylic acids is 1. The molecule has 0 bridgehead atoms. The fourth-order valence-electron chi connectivity index (χ4n) is 3.85. The molecule has 1 aromatic heterocycles. The van der Waals surface area contributed by atoms with Gasteiger partial charge in [0, 0.05) is 17.7 Å². The summed E-state index contributed by atoms with van der Waals surface area (Å²) < 4.78 is 12.6. The van der Waals surface area contributed by atoms with Crippen LogP contribution in [-0.2, 0) is 6.42 Å². The van der Waals surface area contributed by atoms with E-state index in [-0.39, 0.29) is 12.4 Å². The molecule has 1 aliphatic rings. The van der Waals surface area contributed by atoms with Crippen molar-refractivity contribution in [3.8, 4) is 17.3 Å². The summed E-state index contributed by atoms with van der Waals surface area (Å²) in [6.07, 6.45) is 5.56. The minimum absolute atomic E-state index is 0.104. The maximum atomic E-state index is 13.5. The maximum absolute atomic E-state index is 13.5. The Morgan fingerprint density at radius 1 is 1.20 bits per heavy atom. The molecule has 176 valence electrons. The molecule has 1 aliphatic heterocycles. The van der Waals surface area contributed by atoms with Crippen LogP contribution >= 0.6 is 0 Å². The Balaban J connectivity index is 1.62. The number of amides is 2. The number of carbonyl (C=O) groups is 1. The maximum Gasteiger partial charge on any atom is 0.458 e. The van der Waals surface area contributed by atoms with E-state index < -0.39 is 10.7 Å². The molecule has 35 heavy (non-hydrogen) atoms. The average Bonchev–Trinajstić information content (AvgIpc) is 2.85. The molecule has 0 aliphatic carbocycles. The molecule has 7 nitrogen and oxygen atoms in total. The molecular weight excluding hydrogens is 445 g/mol. The van der Waals surface area contributed by atoms with Crippen molar-refractivity contribution in [1.82, 2.24) is 4.98 Å². The Labute approximate surface area is 203 Å². The summed E-state index contributed by atoms with van der Waals surface area (Å²) in [5, 5.41) is 26.3. The van der Waals surface area contributed by atoms with Gasteiger partial charge in [0.15, 0.2) is 5.82 Å². The standard InChI is InChI=1S/C27H24FN5O2/c1-19-6-5-15-33(35,18-19)27(34)32-25-12-11-24(23-10-3-2-8-21(23)17-29)31-26(25)30-14-13-20-7-4-9-22(28)16-20/h2-12,16,18,35H,13-15H2,1H3,(H-,30,31,32,34)/p+1. The number of nitriles is 1. The van der Waals surface area contributed by atoms with Crippen molar-refractivity contribution in [1.29, 1.82) is 5.26 Å². The number of pyridine rings is 1. The van der Waals surface area contributed by atoms with Gasteiger partial charge < -0.3 is 5.32 Å². The van der Waals surface area contributed by atoms with Crippen molar-refractivity contribution in [3.63, 3.8) is 0 Å². The van der Waals surface area contributed by atoms with Crippen LogP contribution in [0.4, 0.5) is 20.7 Å². The molecule has 0 spiro atoms. The van der Waals surface area contributed by atoms with Crippen LogP contribution < -0.4 is 10.6 Å². The lowest BCUT2D eigenvalue weighted by molar-refractivity contribution is -0.990. The first-order chi connectivity index (χ1) is 16.9. The fourth-order valence-corrected chi connectivity index (χ4v) is 3.85. The largest absolute Gasteiger partial charge is 0.458 e. The summed E-state index contributed by atoms with van der Waals surface area (Å²) >= 11 is 0. The Morgan fingerprint density at radius 2 is 2.03 bits per heavy atom. The van der Waals surface area contributed by atoms with Gasteiger partial charge in [0.25, 0.3) is 0 Å². The lowest BCUT2D eigenvalue weighted by atomic mass is 10.0. The first-order valence-corrected chi connectivity index (χ1v) is 11.1. The zero-order valence-electron chi connectivity index (χ0n) is 19.2. The number of quaternary nitrogens is 1. The number of nitrogens with one attached hydrogen (secondary N) is 2. The lowest BCUT2D eigenvalue weighted by Gasteiger charge is -2.25. The SMILES string of the molecule is CC1=C[N+](O)(C(=O)Nc2ccc(-c3ccccc3C#N)nc2NCCc2cccc(F)c2)CC=C1. The quantitative estimate of drug-likeness (QED) is 0.321. The third-order valence-corrected chi connectivity index (χ3v) is 5.59. The van der Waals surface area contributed by atoms with E-state index in [9.17, 15) is 19.7 Å². The third-order valence-electron chi connectivity index (χ3n) is 5.59. The van der Waals surface area contributed by atoms with Gasteiger partial charge in [0.1, 0.15) is 18.6 Å². The van der Waals surface area contributed by atoms with E-state index in [0.717, 1.165) is 11.1 Å². The molecule has 2 heterocycles. The van der Waals surface area contributed by atoms with Crippen molar-refractivity contribution < 1.29 is 19.0 Å². The van der Waals surface area contributed by atoms with Gasteiger partial charge >= 0.3 is 6.03 Å². The number of halogens is 1. The second-order valence-electron chi connectivity index (χ2n) is 8.27. The zero-order valence-corrected chi connectivity index (χ0v) is 19.2. The molecule has 8 heteroatoms. The number of allylic oxidation sites excluding steroid dienone is 2. The number of hydrogen-bond donors (Lipinski definition) is 3. The number of benzene rings is 2.